The van der Waals surface area contributed by atoms with E-state index in [2.05, 4.69) is 67.5 Å². The number of rotatable bonds is 10. The molecule has 0 amide bonds. The molecule has 0 saturated carbocycles. The molecule has 0 spiro atoms. The standard InChI is InChI=1S/2C15H24O3S.2C7H9.Zr/c2*1-9(2)12-7-13(10(3)4)15(19(16,17)18)14(8-12)11(5)6;2*1-6-3-4-7(2)5-6;/h2*7-11H,1-6H3,(H,16,17,18);2*3H,4H2,1-2H3;/q;;;;+2/p-2. The third-order valence-corrected chi connectivity index (χ3v) is 17.2. The molecule has 0 radical (unpaired) electrons. The first kappa shape index (κ1) is 47.3. The van der Waals surface area contributed by atoms with Gasteiger partial charge in [0.25, 0.3) is 0 Å². The van der Waals surface area contributed by atoms with Crippen LogP contribution in [-0.4, -0.2) is 25.9 Å². The Hall–Kier alpha value is -1.90. The van der Waals surface area contributed by atoms with Crippen molar-refractivity contribution in [2.45, 2.75) is 169 Å². The van der Waals surface area contributed by atoms with E-state index < -0.39 is 43.5 Å². The Balaban J connectivity index is 0.000000277. The molecule has 53 heavy (non-hydrogen) atoms. The zero-order chi connectivity index (χ0) is 40.9. The van der Waals surface area contributed by atoms with E-state index in [1.54, 1.807) is 28.9 Å². The molecule has 0 saturated heterocycles. The van der Waals surface area contributed by atoms with Crippen LogP contribution in [0.3, 0.4) is 0 Å². The van der Waals surface area contributed by atoms with E-state index in [0.717, 1.165) is 11.1 Å². The van der Waals surface area contributed by atoms with E-state index in [0.29, 0.717) is 34.1 Å². The fourth-order valence-electron chi connectivity index (χ4n) is 6.59. The second-order valence-electron chi connectivity index (χ2n) is 16.5. The Morgan fingerprint density at radius 3 is 0.868 bits per heavy atom. The number of hydrogen-bond acceptors (Lipinski definition) is 6. The van der Waals surface area contributed by atoms with E-state index in [1.807, 2.05) is 79.7 Å². The van der Waals surface area contributed by atoms with Crippen LogP contribution < -0.4 is 0 Å². The van der Waals surface area contributed by atoms with Gasteiger partial charge < -0.3 is 9.11 Å². The average Bonchev–Trinajstić information content (AvgIpc) is 3.53. The zero-order valence-corrected chi connectivity index (χ0v) is 39.2. The van der Waals surface area contributed by atoms with Gasteiger partial charge in [0.05, 0.1) is 9.79 Å². The number of hydrogen-bond donors (Lipinski definition) is 0. The van der Waals surface area contributed by atoms with Gasteiger partial charge >= 0.3 is 105 Å². The third kappa shape index (κ3) is 12.6. The molecule has 2 aliphatic carbocycles. The second-order valence-corrected chi connectivity index (χ2v) is 22.2. The Kier molecular flexibility index (Phi) is 17.2. The van der Waals surface area contributed by atoms with E-state index >= 15 is 0 Å². The van der Waals surface area contributed by atoms with Gasteiger partial charge in [0.1, 0.15) is 20.2 Å². The van der Waals surface area contributed by atoms with Gasteiger partial charge in [-0.25, -0.2) is 16.8 Å². The summed E-state index contributed by atoms with van der Waals surface area (Å²) in [6.07, 6.45) is 7.21. The topological polar surface area (TPSA) is 114 Å². The van der Waals surface area contributed by atoms with Crippen LogP contribution in [0.4, 0.5) is 0 Å². The average molecular weight is 844 g/mol. The first-order valence-corrected chi connectivity index (χ1v) is 24.3. The summed E-state index contributed by atoms with van der Waals surface area (Å²) in [5.74, 6) is 0.645. The van der Waals surface area contributed by atoms with Gasteiger partial charge in [-0.1, -0.05) is 107 Å². The number of allylic oxidation sites excluding steroid dienone is 8. The van der Waals surface area contributed by atoms with Crippen molar-refractivity contribution in [3.8, 4) is 0 Å². The van der Waals surface area contributed by atoms with Gasteiger partial charge in [0.15, 0.2) is 0 Å². The Labute approximate surface area is 334 Å². The van der Waals surface area contributed by atoms with Crippen molar-refractivity contribution in [1.82, 2.24) is 0 Å². The SMILES string of the molecule is CC(C)c1cc(C(C)C)c(S(=O)(=O)[O-])c(C(C)C)c1.CC(C)c1cc(C(C)C)c(S(=O)(=O)[O-])c(C(C)C)c1.CC1=CCC(C)=[C]1[Zr+2][C]1=C(C)CC=C1C. The van der Waals surface area contributed by atoms with Crippen LogP contribution in [0, 0.1) is 0 Å². The fraction of sp³-hybridized carbons (Fsp3) is 0.545. The summed E-state index contributed by atoms with van der Waals surface area (Å²) in [6.45, 7) is 32.8. The minimum atomic E-state index is -4.45. The van der Waals surface area contributed by atoms with Crippen LogP contribution in [0.2, 0.25) is 0 Å². The number of benzene rings is 2. The van der Waals surface area contributed by atoms with E-state index in [-0.39, 0.29) is 33.5 Å². The Morgan fingerprint density at radius 2 is 0.717 bits per heavy atom. The van der Waals surface area contributed by atoms with E-state index in [4.69, 9.17) is 0 Å². The molecule has 0 fully saturated rings. The van der Waals surface area contributed by atoms with Crippen LogP contribution in [0.25, 0.3) is 0 Å². The van der Waals surface area contributed by atoms with Gasteiger partial charge in [-0.05, 0) is 68.9 Å². The van der Waals surface area contributed by atoms with Crippen molar-refractivity contribution >= 4 is 20.2 Å². The van der Waals surface area contributed by atoms with Crippen LogP contribution in [0.5, 0.6) is 0 Å². The molecule has 0 unspecified atom stereocenters. The first-order chi connectivity index (χ1) is 24.2. The van der Waals surface area contributed by atoms with Crippen LogP contribution >= 0.6 is 0 Å². The molecule has 0 aromatic heterocycles. The van der Waals surface area contributed by atoms with E-state index in [9.17, 15) is 25.9 Å². The van der Waals surface area contributed by atoms with Gasteiger partial charge in [0, 0.05) is 0 Å². The summed E-state index contributed by atoms with van der Waals surface area (Å²) >= 11 is -0.507. The van der Waals surface area contributed by atoms with Gasteiger partial charge in [-0.3, -0.25) is 0 Å². The molecule has 0 atom stereocenters. The molecule has 6 nitrogen and oxygen atoms in total. The molecule has 292 valence electrons. The predicted molar refractivity (Wildman–Crippen MR) is 215 cm³/mol. The van der Waals surface area contributed by atoms with Crippen molar-refractivity contribution in [3.63, 3.8) is 0 Å². The van der Waals surface area contributed by atoms with Gasteiger partial charge in [-0.2, -0.15) is 0 Å². The molecule has 0 N–H and O–H groups in total. The molecule has 2 aromatic rings. The molecule has 2 aromatic carbocycles. The fourth-order valence-corrected chi connectivity index (χ4v) is 12.6. The molecule has 0 heterocycles. The summed E-state index contributed by atoms with van der Waals surface area (Å²) in [5, 5.41) is 0. The van der Waals surface area contributed by atoms with Crippen molar-refractivity contribution in [2.24, 2.45) is 0 Å². The summed E-state index contributed by atoms with van der Waals surface area (Å²) < 4.78 is 73.2. The quantitative estimate of drug-likeness (QED) is 0.220. The maximum absolute atomic E-state index is 11.6. The molecule has 2 aliphatic rings. The normalized spacial score (nSPS) is 15.0. The van der Waals surface area contributed by atoms with Gasteiger partial charge in [0.2, 0.25) is 0 Å². The maximum atomic E-state index is 11.6. The molecular formula is C44H64O6S2Zr. The van der Waals surface area contributed by atoms with Crippen molar-refractivity contribution in [1.29, 1.82) is 0 Å². The molecule has 4 rings (SSSR count). The van der Waals surface area contributed by atoms with Crippen LogP contribution in [0.15, 0.2) is 75.1 Å². The Bertz CT molecular complexity index is 1790. The molecular weight excluding hydrogens is 780 g/mol. The molecule has 0 aliphatic heterocycles. The minimum absolute atomic E-state index is 0.00919. The predicted octanol–water partition coefficient (Wildman–Crippen LogP) is 12.2. The van der Waals surface area contributed by atoms with Crippen molar-refractivity contribution in [3.05, 3.63) is 98.7 Å². The Morgan fingerprint density at radius 1 is 0.472 bits per heavy atom. The van der Waals surface area contributed by atoms with Crippen molar-refractivity contribution < 1.29 is 49.2 Å². The molecule has 0 bridgehead atoms. The summed E-state index contributed by atoms with van der Waals surface area (Å²) in [4.78, 5) is -0.0243. The molecule has 9 heteroatoms. The van der Waals surface area contributed by atoms with Crippen molar-refractivity contribution in [2.75, 3.05) is 0 Å². The summed E-state index contributed by atoms with van der Waals surface area (Å²) in [5.41, 5.74) is 11.2. The monoisotopic (exact) mass is 842 g/mol. The first-order valence-electron chi connectivity index (χ1n) is 19.0. The van der Waals surface area contributed by atoms with Crippen LogP contribution in [0.1, 0.15) is 193 Å². The third-order valence-electron chi connectivity index (χ3n) is 9.98. The second kappa shape index (κ2) is 19.3. The van der Waals surface area contributed by atoms with Gasteiger partial charge in [-0.15, -0.1) is 0 Å². The zero-order valence-electron chi connectivity index (χ0n) is 35.1. The van der Waals surface area contributed by atoms with E-state index in [1.165, 1.54) is 12.8 Å². The summed E-state index contributed by atoms with van der Waals surface area (Å²) in [6, 6.07) is 7.47. The van der Waals surface area contributed by atoms with Crippen LogP contribution in [-0.2, 0) is 43.5 Å². The summed E-state index contributed by atoms with van der Waals surface area (Å²) in [7, 11) is -8.89.